The first-order valence-electron chi connectivity index (χ1n) is 1.57. The third-order valence-corrected chi connectivity index (χ3v) is 0.179. The lowest BCUT2D eigenvalue weighted by molar-refractivity contribution is -0.284. The Kier molecular flexibility index (Phi) is 6.47. The van der Waals surface area contributed by atoms with Gasteiger partial charge in [0.2, 0.25) is 0 Å². The van der Waals surface area contributed by atoms with E-state index in [-0.39, 0.29) is 0 Å². The molecule has 0 aliphatic carbocycles. The van der Waals surface area contributed by atoms with Gasteiger partial charge < -0.3 is 5.11 Å². The fourth-order valence-electron chi connectivity index (χ4n) is 0. The summed E-state index contributed by atoms with van der Waals surface area (Å²) >= 11 is 0. The van der Waals surface area contributed by atoms with Gasteiger partial charge >= 0.3 is 6.18 Å². The Balaban J connectivity index is 0. The molecule has 0 aliphatic rings. The average molecular weight is 148 g/mol. The van der Waals surface area contributed by atoms with Gasteiger partial charge in [0.15, 0.2) is 4.75 Å². The highest BCUT2D eigenvalue weighted by Gasteiger charge is 2.24. The van der Waals surface area contributed by atoms with E-state index in [1.54, 1.807) is 4.75 Å². The zero-order chi connectivity index (χ0) is 7.91. The topological polar surface area (TPSA) is 71.7 Å². The predicted octanol–water partition coefficient (Wildman–Crippen LogP) is -0.581. The van der Waals surface area contributed by atoms with Crippen molar-refractivity contribution in [3.63, 3.8) is 0 Å². The van der Waals surface area contributed by atoms with Crippen LogP contribution in [0.15, 0.2) is 0 Å². The zero-order valence-electron chi connectivity index (χ0n) is 4.01. The van der Waals surface area contributed by atoms with E-state index in [9.17, 15) is 13.2 Å². The number of alkyl halides is 3. The van der Waals surface area contributed by atoms with E-state index in [2.05, 4.69) is 0 Å². The van der Waals surface area contributed by atoms with Crippen molar-refractivity contribution in [1.82, 2.24) is 0 Å². The van der Waals surface area contributed by atoms with Crippen LogP contribution in [0.3, 0.4) is 0 Å². The molecule has 4 nitrogen and oxygen atoms in total. The molecule has 0 bridgehead atoms. The molecule has 0 heterocycles. The Morgan fingerprint density at radius 2 is 1.67 bits per heavy atom. The predicted molar refractivity (Wildman–Crippen MR) is 19.9 cm³/mol. The summed E-state index contributed by atoms with van der Waals surface area (Å²) in [6, 6.07) is 0. The normalized spacial score (nSPS) is 9.33. The maximum Gasteiger partial charge on any atom is 0.411 e. The van der Waals surface area contributed by atoms with Gasteiger partial charge in [0.05, 0.1) is 0 Å². The fraction of sp³-hybridized carbons (Fsp3) is 1.00. The molecule has 0 unspecified atom stereocenters. The highest BCUT2D eigenvalue weighted by Crippen LogP contribution is 2.11. The van der Waals surface area contributed by atoms with Gasteiger partial charge in [-0.2, -0.15) is 13.2 Å². The van der Waals surface area contributed by atoms with Gasteiger partial charge in [0.25, 0.3) is 0 Å². The van der Waals surface area contributed by atoms with Crippen LogP contribution >= 0.6 is 0 Å². The molecule has 7 heteroatoms. The molecule has 0 saturated carbocycles. The van der Waals surface area contributed by atoms with Crippen molar-refractivity contribution in [2.45, 2.75) is 6.18 Å². The number of aliphatic hydroxyl groups excluding tert-OH is 1. The summed E-state index contributed by atoms with van der Waals surface area (Å²) in [5, 5.41) is 15.2. The molecule has 0 aromatic rings. The second kappa shape index (κ2) is 5.29. The molecule has 0 rings (SSSR count). The summed E-state index contributed by atoms with van der Waals surface area (Å²) in [6.07, 6.45) is -4.40. The van der Waals surface area contributed by atoms with Crippen molar-refractivity contribution in [1.29, 1.82) is 0 Å². The maximum absolute atomic E-state index is 10.5. The maximum atomic E-state index is 10.5. The molecule has 0 radical (unpaired) electrons. The van der Waals surface area contributed by atoms with Gasteiger partial charge in [-0.1, -0.05) is 10.2 Å². The molecule has 0 fully saturated rings. The highest BCUT2D eigenvalue weighted by molar-refractivity contribution is 4.39. The molecule has 0 saturated heterocycles. The lowest BCUT2D eigenvalue weighted by atomic mass is 10.7. The minimum atomic E-state index is -4.40. The third kappa shape index (κ3) is 41.0. The number of hydrogen-bond donors (Lipinski definition) is 1. The van der Waals surface area contributed by atoms with Crippen molar-refractivity contribution in [2.75, 3.05) is 6.61 Å². The number of rotatable bonds is 0. The van der Waals surface area contributed by atoms with E-state index in [4.69, 9.17) is 15.3 Å². The Labute approximate surface area is 47.4 Å². The first-order chi connectivity index (χ1) is 3.97. The van der Waals surface area contributed by atoms with Gasteiger partial charge in [-0.3, -0.25) is 0 Å². The van der Waals surface area contributed by atoms with Crippen LogP contribution in [0.25, 0.3) is 0 Å². The minimum absolute atomic E-state index is 1.73. The largest absolute Gasteiger partial charge is 0.411 e. The Hall–Kier alpha value is -0.850. The van der Waals surface area contributed by atoms with Crippen LogP contribution in [0.1, 0.15) is 0 Å². The average Bonchev–Trinajstić information content (AvgIpc) is 1.67. The molecule has 0 aromatic heterocycles. The lowest BCUT2D eigenvalue weighted by Crippen LogP contribution is -2.12. The Morgan fingerprint density at radius 3 is 1.67 bits per heavy atom. The Morgan fingerprint density at radius 1 is 1.56 bits per heavy atom. The van der Waals surface area contributed by atoms with E-state index in [0.717, 1.165) is 0 Å². The molecule has 0 amide bonds. The van der Waals surface area contributed by atoms with Crippen LogP contribution in [0.5, 0.6) is 0 Å². The second-order valence-electron chi connectivity index (χ2n) is 0.841. The van der Waals surface area contributed by atoms with Gasteiger partial charge in [0, 0.05) is 0 Å². The van der Waals surface area contributed by atoms with Crippen LogP contribution < -0.4 is 5.26 Å². The van der Waals surface area contributed by atoms with Crippen molar-refractivity contribution in [3.05, 3.63) is 9.71 Å². The molecular weight excluding hydrogens is 145 g/mol. The summed E-state index contributed by atoms with van der Waals surface area (Å²) in [7, 11) is 0. The van der Waals surface area contributed by atoms with Crippen molar-refractivity contribution >= 4 is 0 Å². The standard InChI is InChI=1S/C2H3F3O.O3/c3-2(4,5)1-6;1-3-2/h6H,1H2;. The quantitative estimate of drug-likeness (QED) is 0.283. The molecule has 1 N–H and O–H groups in total. The van der Waals surface area contributed by atoms with E-state index in [0.29, 0.717) is 0 Å². The second-order valence-corrected chi connectivity index (χ2v) is 0.841. The van der Waals surface area contributed by atoms with Crippen molar-refractivity contribution in [3.8, 4) is 0 Å². The molecule has 0 aliphatic heterocycles. The number of halogens is 3. The summed E-state index contributed by atoms with van der Waals surface area (Å²) in [4.78, 5) is 7.88. The number of hydrogen-bond acceptors (Lipinski definition) is 3. The van der Waals surface area contributed by atoms with Crippen molar-refractivity contribution < 1.29 is 23.5 Å². The smallest absolute Gasteiger partial charge is 0.387 e. The van der Waals surface area contributed by atoms with Gasteiger partial charge in [-0.15, -0.1) is 0 Å². The number of aliphatic hydroxyl groups is 1. The van der Waals surface area contributed by atoms with Crippen LogP contribution in [-0.4, -0.2) is 17.9 Å². The third-order valence-electron chi connectivity index (χ3n) is 0.179. The summed E-state index contributed by atoms with van der Waals surface area (Å²) in [5.41, 5.74) is 0. The zero-order valence-corrected chi connectivity index (χ0v) is 4.01. The van der Waals surface area contributed by atoms with Crippen molar-refractivity contribution in [2.24, 2.45) is 0 Å². The SMILES string of the molecule is O=[O+][O-].OCC(F)(F)F. The van der Waals surface area contributed by atoms with Crippen LogP contribution in [0, 0.1) is 9.71 Å². The molecule has 9 heavy (non-hydrogen) atoms. The van der Waals surface area contributed by atoms with Crippen LogP contribution in [-0.2, 0) is 0 Å². The van der Waals surface area contributed by atoms with E-state index in [1.807, 2.05) is 0 Å². The first kappa shape index (κ1) is 11.0. The summed E-state index contributed by atoms with van der Waals surface area (Å²) in [5.74, 6) is 0. The molecule has 0 spiro atoms. The van der Waals surface area contributed by atoms with E-state index in [1.165, 1.54) is 0 Å². The van der Waals surface area contributed by atoms with Gasteiger partial charge in [-0.25, -0.2) is 0 Å². The lowest BCUT2D eigenvalue weighted by Gasteiger charge is -1.95. The van der Waals surface area contributed by atoms with Crippen LogP contribution in [0.4, 0.5) is 13.2 Å². The molecular formula is C2H3F3O4. The van der Waals surface area contributed by atoms with Gasteiger partial charge in [-0.05, 0) is 0 Å². The summed E-state index contributed by atoms with van der Waals surface area (Å²) < 4.78 is 33.4. The molecule has 56 valence electrons. The molecule has 0 aromatic carbocycles. The first-order valence-corrected chi connectivity index (χ1v) is 1.57. The van der Waals surface area contributed by atoms with Gasteiger partial charge in [0.1, 0.15) is 6.61 Å². The van der Waals surface area contributed by atoms with E-state index < -0.39 is 12.8 Å². The fourth-order valence-corrected chi connectivity index (χ4v) is 0. The summed E-state index contributed by atoms with van der Waals surface area (Å²) in [6.45, 7) is -1.73. The van der Waals surface area contributed by atoms with Crippen LogP contribution in [0.2, 0.25) is 0 Å². The van der Waals surface area contributed by atoms with E-state index >= 15 is 0 Å². The highest BCUT2D eigenvalue weighted by atomic mass is 19.4. The minimum Gasteiger partial charge on any atom is -0.387 e. The monoisotopic (exact) mass is 148 g/mol. The Bertz CT molecular complexity index is 68.7. The molecule has 0 atom stereocenters.